The van der Waals surface area contributed by atoms with Gasteiger partial charge < -0.3 is 4.90 Å². The van der Waals surface area contributed by atoms with Crippen molar-refractivity contribution in [2.24, 2.45) is 0 Å². The molecule has 0 amide bonds. The molecule has 3 heteroatoms. The number of hydrogen-bond acceptors (Lipinski definition) is 3. The summed E-state index contributed by atoms with van der Waals surface area (Å²) in [6.07, 6.45) is 6.50. The Labute approximate surface area is 123 Å². The summed E-state index contributed by atoms with van der Waals surface area (Å²) in [6.45, 7) is 7.12. The second-order valence-electron chi connectivity index (χ2n) is 5.92. The van der Waals surface area contributed by atoms with Gasteiger partial charge in [-0.3, -0.25) is 10.9 Å². The highest BCUT2D eigenvalue weighted by Gasteiger charge is 2.08. The summed E-state index contributed by atoms with van der Waals surface area (Å²) >= 11 is 0. The molecule has 1 fully saturated rings. The molecule has 1 aliphatic heterocycles. The summed E-state index contributed by atoms with van der Waals surface area (Å²) in [7, 11) is 0. The smallest absolute Gasteiger partial charge is 0.0225 e. The second kappa shape index (κ2) is 9.11. The van der Waals surface area contributed by atoms with Crippen molar-refractivity contribution in [2.45, 2.75) is 45.1 Å². The third kappa shape index (κ3) is 6.04. The Morgan fingerprint density at radius 3 is 2.60 bits per heavy atom. The summed E-state index contributed by atoms with van der Waals surface area (Å²) in [5.74, 6) is 0. The van der Waals surface area contributed by atoms with Gasteiger partial charge in [0.05, 0.1) is 0 Å². The fraction of sp³-hybridized carbons (Fsp3) is 0.647. The zero-order valence-corrected chi connectivity index (χ0v) is 12.8. The fourth-order valence-corrected chi connectivity index (χ4v) is 2.84. The van der Waals surface area contributed by atoms with Crippen LogP contribution < -0.4 is 10.9 Å². The van der Waals surface area contributed by atoms with Crippen LogP contribution in [0.15, 0.2) is 30.3 Å². The molecule has 0 bridgehead atoms. The summed E-state index contributed by atoms with van der Waals surface area (Å²) in [6, 6.07) is 11.1. The van der Waals surface area contributed by atoms with Gasteiger partial charge >= 0.3 is 0 Å². The minimum Gasteiger partial charge on any atom is -0.303 e. The third-order valence-corrected chi connectivity index (χ3v) is 3.96. The minimum absolute atomic E-state index is 0.465. The largest absolute Gasteiger partial charge is 0.303 e. The van der Waals surface area contributed by atoms with Crippen LogP contribution in [0.4, 0.5) is 0 Å². The van der Waals surface area contributed by atoms with E-state index in [0.29, 0.717) is 6.04 Å². The van der Waals surface area contributed by atoms with Crippen LogP contribution in [0.2, 0.25) is 0 Å². The first-order valence-corrected chi connectivity index (χ1v) is 8.09. The summed E-state index contributed by atoms with van der Waals surface area (Å²) < 4.78 is 0. The van der Waals surface area contributed by atoms with E-state index in [1.165, 1.54) is 50.9 Å². The molecule has 1 saturated heterocycles. The molecule has 1 aromatic rings. The molecule has 1 aliphatic rings. The first-order chi connectivity index (χ1) is 9.84. The number of rotatable bonds is 8. The lowest BCUT2D eigenvalue weighted by atomic mass is 10.1. The maximum atomic E-state index is 3.40. The van der Waals surface area contributed by atoms with Crippen LogP contribution in [0.25, 0.3) is 0 Å². The van der Waals surface area contributed by atoms with Gasteiger partial charge in [-0.15, -0.1) is 0 Å². The van der Waals surface area contributed by atoms with E-state index in [4.69, 9.17) is 0 Å². The molecule has 3 nitrogen and oxygen atoms in total. The minimum atomic E-state index is 0.465. The first-order valence-electron chi connectivity index (χ1n) is 8.09. The van der Waals surface area contributed by atoms with Crippen molar-refractivity contribution < 1.29 is 0 Å². The number of benzene rings is 1. The van der Waals surface area contributed by atoms with Crippen LogP contribution in [0.1, 0.15) is 38.2 Å². The Hall–Kier alpha value is -0.900. The summed E-state index contributed by atoms with van der Waals surface area (Å²) in [4.78, 5) is 2.60. The van der Waals surface area contributed by atoms with E-state index in [2.05, 4.69) is 53.0 Å². The molecule has 2 rings (SSSR count). The van der Waals surface area contributed by atoms with Crippen molar-refractivity contribution in [3.8, 4) is 0 Å². The molecular formula is C17H29N3. The molecule has 0 aliphatic carbocycles. The first kappa shape index (κ1) is 15.5. The maximum Gasteiger partial charge on any atom is 0.0225 e. The lowest BCUT2D eigenvalue weighted by Gasteiger charge is -2.26. The second-order valence-corrected chi connectivity index (χ2v) is 5.92. The van der Waals surface area contributed by atoms with Gasteiger partial charge in [-0.25, -0.2) is 0 Å². The normalized spacial score (nSPS) is 18.1. The van der Waals surface area contributed by atoms with Gasteiger partial charge in [-0.2, -0.15) is 0 Å². The van der Waals surface area contributed by atoms with E-state index >= 15 is 0 Å². The lowest BCUT2D eigenvalue weighted by Crippen LogP contribution is -2.41. The Morgan fingerprint density at radius 2 is 1.85 bits per heavy atom. The molecule has 0 unspecified atom stereocenters. The van der Waals surface area contributed by atoms with Crippen LogP contribution in [0.3, 0.4) is 0 Å². The highest BCUT2D eigenvalue weighted by molar-refractivity contribution is 5.15. The molecule has 0 aromatic heterocycles. The molecule has 1 aromatic carbocycles. The Kier molecular flexibility index (Phi) is 7.06. The average molecular weight is 275 g/mol. The SMILES string of the molecule is C[C@H](Cc1ccccc1)NNCCCN1CCCCC1. The zero-order valence-electron chi connectivity index (χ0n) is 12.8. The Balaban J connectivity index is 1.50. The number of nitrogens with one attached hydrogen (secondary N) is 2. The summed E-state index contributed by atoms with van der Waals surface area (Å²) in [5.41, 5.74) is 8.16. The molecule has 1 atom stereocenters. The predicted octanol–water partition coefficient (Wildman–Crippen LogP) is 2.59. The number of piperidine rings is 1. The van der Waals surface area contributed by atoms with E-state index in [1.807, 2.05) is 0 Å². The van der Waals surface area contributed by atoms with Crippen molar-refractivity contribution in [1.82, 2.24) is 15.8 Å². The third-order valence-electron chi connectivity index (χ3n) is 3.96. The van der Waals surface area contributed by atoms with Crippen molar-refractivity contribution in [3.05, 3.63) is 35.9 Å². The molecule has 0 radical (unpaired) electrons. The Morgan fingerprint density at radius 1 is 1.10 bits per heavy atom. The fourth-order valence-electron chi connectivity index (χ4n) is 2.84. The number of likely N-dealkylation sites (tertiary alicyclic amines) is 1. The molecule has 112 valence electrons. The van der Waals surface area contributed by atoms with Crippen LogP contribution >= 0.6 is 0 Å². The van der Waals surface area contributed by atoms with E-state index in [9.17, 15) is 0 Å². The molecule has 1 heterocycles. The van der Waals surface area contributed by atoms with Crippen molar-refractivity contribution in [1.29, 1.82) is 0 Å². The highest BCUT2D eigenvalue weighted by atomic mass is 15.4. The summed E-state index contributed by atoms with van der Waals surface area (Å²) in [5, 5.41) is 0. The quantitative estimate of drug-likeness (QED) is 0.564. The average Bonchev–Trinajstić information content (AvgIpc) is 2.49. The van der Waals surface area contributed by atoms with Gasteiger partial charge in [0, 0.05) is 12.6 Å². The van der Waals surface area contributed by atoms with Gasteiger partial charge in [0.1, 0.15) is 0 Å². The van der Waals surface area contributed by atoms with Gasteiger partial charge in [-0.05, 0) is 57.8 Å². The zero-order chi connectivity index (χ0) is 14.0. The molecule has 0 saturated carbocycles. The number of hydrazine groups is 1. The standard InChI is InChI=1S/C17H29N3/c1-16(15-17-9-4-2-5-10-17)19-18-11-8-14-20-12-6-3-7-13-20/h2,4-5,9-10,16,18-19H,3,6-8,11-15H2,1H3/t16-/m1/s1. The van der Waals surface area contributed by atoms with Crippen LogP contribution in [-0.2, 0) is 6.42 Å². The maximum absolute atomic E-state index is 3.40. The molecular weight excluding hydrogens is 246 g/mol. The van der Waals surface area contributed by atoms with E-state index < -0.39 is 0 Å². The molecule has 0 spiro atoms. The van der Waals surface area contributed by atoms with E-state index in [0.717, 1.165) is 13.0 Å². The van der Waals surface area contributed by atoms with Gasteiger partial charge in [-0.1, -0.05) is 36.8 Å². The van der Waals surface area contributed by atoms with Gasteiger partial charge in [0.15, 0.2) is 0 Å². The monoisotopic (exact) mass is 275 g/mol. The topological polar surface area (TPSA) is 27.3 Å². The highest BCUT2D eigenvalue weighted by Crippen LogP contribution is 2.08. The van der Waals surface area contributed by atoms with E-state index in [-0.39, 0.29) is 0 Å². The van der Waals surface area contributed by atoms with Gasteiger partial charge in [0.2, 0.25) is 0 Å². The van der Waals surface area contributed by atoms with Crippen LogP contribution in [0, 0.1) is 0 Å². The van der Waals surface area contributed by atoms with Crippen LogP contribution in [0.5, 0.6) is 0 Å². The van der Waals surface area contributed by atoms with Gasteiger partial charge in [0.25, 0.3) is 0 Å². The predicted molar refractivity (Wildman–Crippen MR) is 85.7 cm³/mol. The van der Waals surface area contributed by atoms with E-state index in [1.54, 1.807) is 0 Å². The molecule has 20 heavy (non-hydrogen) atoms. The van der Waals surface area contributed by atoms with Crippen molar-refractivity contribution in [3.63, 3.8) is 0 Å². The molecule has 2 N–H and O–H groups in total. The van der Waals surface area contributed by atoms with Crippen molar-refractivity contribution >= 4 is 0 Å². The number of nitrogens with zero attached hydrogens (tertiary/aromatic N) is 1. The Bertz CT molecular complexity index is 347. The van der Waals surface area contributed by atoms with Crippen LogP contribution in [-0.4, -0.2) is 37.1 Å². The van der Waals surface area contributed by atoms with Crippen molar-refractivity contribution in [2.75, 3.05) is 26.2 Å². The number of hydrogen-bond donors (Lipinski definition) is 2. The lowest BCUT2D eigenvalue weighted by molar-refractivity contribution is 0.224.